The maximum absolute atomic E-state index is 13.1. The smallest absolute Gasteiger partial charge is 0.335 e. The molecule has 4 saturated carbocycles. The van der Waals surface area contributed by atoms with Crippen LogP contribution in [-0.2, 0) is 9.53 Å². The molecule has 0 spiro atoms. The van der Waals surface area contributed by atoms with E-state index in [0.29, 0.717) is 34.7 Å². The number of benzene rings is 1. The number of ether oxygens (including phenoxy) is 1. The lowest BCUT2D eigenvalue weighted by Gasteiger charge is -2.68. The highest BCUT2D eigenvalue weighted by atomic mass is 16.5. The van der Waals surface area contributed by atoms with Gasteiger partial charge in [0.25, 0.3) is 0 Å². The highest BCUT2D eigenvalue weighted by Crippen LogP contribution is 2.73. The maximum atomic E-state index is 13.1. The van der Waals surface area contributed by atoms with E-state index in [2.05, 4.69) is 66.0 Å². The Bertz CT molecular complexity index is 1290. The highest BCUT2D eigenvalue weighted by molar-refractivity contribution is 5.88. The minimum Gasteiger partial charge on any atom is -0.478 e. The third-order valence-corrected chi connectivity index (χ3v) is 13.1. The molecule has 0 aromatic heterocycles. The molecule has 4 fully saturated rings. The Labute approximate surface area is 287 Å². The van der Waals surface area contributed by atoms with Gasteiger partial charge >= 0.3 is 11.9 Å². The molecule has 0 radical (unpaired) electrons. The monoisotopic (exact) mass is 642 g/mol. The van der Waals surface area contributed by atoms with Gasteiger partial charge in [-0.3, -0.25) is 4.79 Å². The third-order valence-electron chi connectivity index (χ3n) is 13.1. The fourth-order valence-corrected chi connectivity index (χ4v) is 11.7. The zero-order chi connectivity index (χ0) is 35.8. The Hall–Kier alpha value is -3.24. The van der Waals surface area contributed by atoms with Crippen LogP contribution in [-0.4, -0.2) is 24.2 Å². The third kappa shape index (κ3) is 6.73. The van der Waals surface area contributed by atoms with Crippen molar-refractivity contribution in [3.8, 4) is 25.7 Å². The quantitative estimate of drug-likeness (QED) is 0.202. The highest BCUT2D eigenvalue weighted by Gasteiger charge is 2.66. The first kappa shape index (κ1) is 39.9. The van der Waals surface area contributed by atoms with Crippen LogP contribution in [0.1, 0.15) is 129 Å². The van der Waals surface area contributed by atoms with Crippen molar-refractivity contribution in [2.75, 3.05) is 7.11 Å². The van der Waals surface area contributed by atoms with Crippen molar-refractivity contribution < 1.29 is 19.4 Å². The molecule has 0 saturated heterocycles. The van der Waals surface area contributed by atoms with E-state index in [1.165, 1.54) is 56.1 Å². The largest absolute Gasteiger partial charge is 0.478 e. The first-order valence-electron chi connectivity index (χ1n) is 17.8. The number of fused-ring (bicyclic) bond motifs is 7. The standard InChI is InChI=1S/C34H46O4.C3H6.C2H6.2C2H2/c1-31(2)24(21-8-10-22(11-9-21)29(35)36)14-18-33(4)27(31)16-19-32(3)25-15-20-34(30(37)38-5)17-6-7-26(34)23(25)12-13-28(32)33;1-3-2;3*1-2/h8-11,14,23,25-28H,6-7,12-13,15-20H2,1-5H3,(H,35,36);3H,1H2,2H3;1-2H3;2*1-2H/t23-,25?,26?,27?,28?,32-,33-,34-;;;;/m0..../s1. The molecule has 1 N–H and O–H groups in total. The van der Waals surface area contributed by atoms with E-state index in [9.17, 15) is 14.7 Å². The summed E-state index contributed by atoms with van der Waals surface area (Å²) in [5.74, 6) is 2.41. The van der Waals surface area contributed by atoms with Gasteiger partial charge in [-0.05, 0) is 134 Å². The Morgan fingerprint density at radius 1 is 0.851 bits per heavy atom. The number of hydrogen-bond acceptors (Lipinski definition) is 3. The number of rotatable bonds is 3. The van der Waals surface area contributed by atoms with Crippen LogP contribution < -0.4 is 0 Å². The number of allylic oxidation sites excluding steroid dienone is 3. The van der Waals surface area contributed by atoms with E-state index in [1.807, 2.05) is 32.9 Å². The lowest BCUT2D eigenvalue weighted by molar-refractivity contribution is -0.189. The van der Waals surface area contributed by atoms with Gasteiger partial charge in [0.1, 0.15) is 0 Å². The lowest BCUT2D eigenvalue weighted by atomic mass is 9.36. The molecule has 258 valence electrons. The summed E-state index contributed by atoms with van der Waals surface area (Å²) in [6, 6.07) is 7.52. The van der Waals surface area contributed by atoms with E-state index >= 15 is 0 Å². The van der Waals surface area contributed by atoms with Crippen molar-refractivity contribution in [2.45, 2.75) is 113 Å². The van der Waals surface area contributed by atoms with Crippen LogP contribution in [0.2, 0.25) is 0 Å². The molecule has 8 atom stereocenters. The van der Waals surface area contributed by atoms with Crippen molar-refractivity contribution >= 4 is 17.5 Å². The average molecular weight is 643 g/mol. The summed E-state index contributed by atoms with van der Waals surface area (Å²) in [6.45, 7) is 19.3. The summed E-state index contributed by atoms with van der Waals surface area (Å²) in [7, 11) is 1.59. The number of carboxylic acids is 1. The predicted molar refractivity (Wildman–Crippen MR) is 196 cm³/mol. The summed E-state index contributed by atoms with van der Waals surface area (Å²) < 4.78 is 5.41. The Kier molecular flexibility index (Phi) is 13.8. The first-order chi connectivity index (χ1) is 22.4. The minimum atomic E-state index is -0.868. The van der Waals surface area contributed by atoms with Crippen LogP contribution in [0.4, 0.5) is 0 Å². The van der Waals surface area contributed by atoms with Crippen molar-refractivity contribution in [1.29, 1.82) is 0 Å². The summed E-state index contributed by atoms with van der Waals surface area (Å²) in [6.07, 6.45) is 32.1. The van der Waals surface area contributed by atoms with Gasteiger partial charge in [0.05, 0.1) is 18.1 Å². The Morgan fingerprint density at radius 3 is 2.00 bits per heavy atom. The SMILES string of the molecule is C#C.C#C.C=CC.CC.COC(=O)[C@]12CCCC1[C@H]1CCC3[C@@](C)(CCC4C(C)(C)C(c5ccc(C(=O)O)cc5)=CC[C@@]43C)C1CC2. The van der Waals surface area contributed by atoms with E-state index in [4.69, 9.17) is 4.74 Å². The Morgan fingerprint density at radius 2 is 1.45 bits per heavy atom. The molecule has 0 bridgehead atoms. The number of methoxy groups -OCH3 is 1. The molecule has 4 nitrogen and oxygen atoms in total. The van der Waals surface area contributed by atoms with Gasteiger partial charge in [-0.1, -0.05) is 72.2 Å². The van der Waals surface area contributed by atoms with Gasteiger partial charge in [-0.25, -0.2) is 4.79 Å². The van der Waals surface area contributed by atoms with E-state index in [1.54, 1.807) is 25.3 Å². The number of carboxylic acid groups (broad SMARTS) is 1. The van der Waals surface area contributed by atoms with Crippen LogP contribution in [0.15, 0.2) is 43.0 Å². The second-order valence-corrected chi connectivity index (χ2v) is 15.0. The van der Waals surface area contributed by atoms with Crippen LogP contribution in [0, 0.1) is 76.9 Å². The zero-order valence-corrected chi connectivity index (χ0v) is 30.6. The number of terminal acetylenes is 2. The number of hydrogen-bond donors (Lipinski definition) is 1. The summed E-state index contributed by atoms with van der Waals surface area (Å²) >= 11 is 0. The fourth-order valence-electron chi connectivity index (χ4n) is 11.7. The molecule has 47 heavy (non-hydrogen) atoms. The second-order valence-electron chi connectivity index (χ2n) is 15.0. The van der Waals surface area contributed by atoms with Crippen LogP contribution >= 0.6 is 0 Å². The van der Waals surface area contributed by atoms with Gasteiger partial charge in [0.2, 0.25) is 0 Å². The molecule has 0 amide bonds. The minimum absolute atomic E-state index is 0.0357. The van der Waals surface area contributed by atoms with Gasteiger partial charge in [-0.15, -0.1) is 32.3 Å². The molecule has 1 aromatic carbocycles. The van der Waals surface area contributed by atoms with E-state index in [0.717, 1.165) is 25.2 Å². The summed E-state index contributed by atoms with van der Waals surface area (Å²) in [5, 5.41) is 9.36. The van der Waals surface area contributed by atoms with Crippen molar-refractivity contribution in [3.63, 3.8) is 0 Å². The summed E-state index contributed by atoms with van der Waals surface area (Å²) in [5.41, 5.74) is 3.34. The van der Waals surface area contributed by atoms with Crippen LogP contribution in [0.3, 0.4) is 0 Å². The molecule has 4 heteroatoms. The number of carbonyl (C=O) groups excluding carboxylic acids is 1. The number of aromatic carboxylic acids is 1. The molecule has 6 rings (SSSR count). The van der Waals surface area contributed by atoms with E-state index < -0.39 is 5.97 Å². The fraction of sp³-hybridized carbons (Fsp3) is 0.628. The number of esters is 1. The van der Waals surface area contributed by atoms with E-state index in [-0.39, 0.29) is 22.2 Å². The maximum Gasteiger partial charge on any atom is 0.335 e. The molecule has 5 aliphatic carbocycles. The van der Waals surface area contributed by atoms with Crippen LogP contribution in [0.5, 0.6) is 0 Å². The van der Waals surface area contributed by atoms with Gasteiger partial charge in [0.15, 0.2) is 0 Å². The van der Waals surface area contributed by atoms with Crippen LogP contribution in [0.25, 0.3) is 5.57 Å². The normalized spacial score (nSPS) is 35.3. The van der Waals surface area contributed by atoms with Gasteiger partial charge in [0, 0.05) is 0 Å². The first-order valence-corrected chi connectivity index (χ1v) is 17.8. The van der Waals surface area contributed by atoms with Crippen molar-refractivity contribution in [3.05, 3.63) is 54.1 Å². The van der Waals surface area contributed by atoms with Gasteiger partial charge in [-0.2, -0.15) is 0 Å². The summed E-state index contributed by atoms with van der Waals surface area (Å²) in [4.78, 5) is 24.5. The molecule has 4 unspecified atom stereocenters. The average Bonchev–Trinajstić information content (AvgIpc) is 3.53. The molecule has 0 aliphatic heterocycles. The predicted octanol–water partition coefficient (Wildman–Crippen LogP) is 10.7. The number of carbonyl (C=O) groups is 2. The van der Waals surface area contributed by atoms with Crippen molar-refractivity contribution in [1.82, 2.24) is 0 Å². The Balaban J connectivity index is 0.000000782. The van der Waals surface area contributed by atoms with Crippen molar-refractivity contribution in [2.24, 2.45) is 51.2 Å². The second kappa shape index (κ2) is 16.2. The molecular formula is C43H62O4. The lowest BCUT2D eigenvalue weighted by Crippen LogP contribution is -2.61. The molecule has 0 heterocycles. The zero-order valence-electron chi connectivity index (χ0n) is 30.6. The molecule has 5 aliphatic rings. The molecular weight excluding hydrogens is 580 g/mol. The van der Waals surface area contributed by atoms with Gasteiger partial charge < -0.3 is 9.84 Å². The topological polar surface area (TPSA) is 63.6 Å². The molecule has 1 aromatic rings.